The number of carbonyl (C=O) groups is 1. The molecule has 0 unspecified atom stereocenters. The SMILES string of the molecule is CCOC(=O)c1c(CN(C)C)n(C)c2cc(C)c(O)c(CN(C)C)c12. The van der Waals surface area contributed by atoms with E-state index in [9.17, 15) is 9.90 Å². The van der Waals surface area contributed by atoms with Crippen molar-refractivity contribution in [3.05, 3.63) is 28.5 Å². The minimum atomic E-state index is -0.340. The second-order valence-corrected chi connectivity index (χ2v) is 6.99. The van der Waals surface area contributed by atoms with Crippen LogP contribution in [0.1, 0.15) is 34.1 Å². The number of aryl methyl sites for hydroxylation is 2. The summed E-state index contributed by atoms with van der Waals surface area (Å²) in [6.07, 6.45) is 0. The number of phenols is 1. The van der Waals surface area contributed by atoms with Gasteiger partial charge in [-0.3, -0.25) is 0 Å². The topological polar surface area (TPSA) is 57.9 Å². The van der Waals surface area contributed by atoms with Crippen molar-refractivity contribution < 1.29 is 14.6 Å². The van der Waals surface area contributed by atoms with Gasteiger partial charge in [-0.1, -0.05) is 0 Å². The van der Waals surface area contributed by atoms with Gasteiger partial charge in [0.05, 0.1) is 12.2 Å². The lowest BCUT2D eigenvalue weighted by Crippen LogP contribution is -2.17. The molecule has 6 heteroatoms. The normalized spacial score (nSPS) is 11.7. The molecule has 1 aromatic carbocycles. The van der Waals surface area contributed by atoms with Crippen molar-refractivity contribution in [1.82, 2.24) is 14.4 Å². The molecule has 0 aliphatic heterocycles. The van der Waals surface area contributed by atoms with Gasteiger partial charge >= 0.3 is 5.97 Å². The smallest absolute Gasteiger partial charge is 0.340 e. The molecule has 0 fully saturated rings. The molecule has 25 heavy (non-hydrogen) atoms. The molecule has 0 atom stereocenters. The van der Waals surface area contributed by atoms with Crippen LogP contribution in [0, 0.1) is 6.92 Å². The number of nitrogens with zero attached hydrogens (tertiary/aromatic N) is 3. The van der Waals surface area contributed by atoms with Gasteiger partial charge in [0.15, 0.2) is 0 Å². The van der Waals surface area contributed by atoms with Crippen LogP contribution < -0.4 is 0 Å². The quantitative estimate of drug-likeness (QED) is 0.814. The summed E-state index contributed by atoms with van der Waals surface area (Å²) in [7, 11) is 9.79. The number of esters is 1. The summed E-state index contributed by atoms with van der Waals surface area (Å²) < 4.78 is 7.37. The fourth-order valence-corrected chi connectivity index (χ4v) is 3.24. The Kier molecular flexibility index (Phi) is 5.75. The number of rotatable bonds is 6. The first kappa shape index (κ1) is 19.3. The van der Waals surface area contributed by atoms with Crippen molar-refractivity contribution in [2.45, 2.75) is 26.9 Å². The zero-order valence-corrected chi connectivity index (χ0v) is 16.3. The monoisotopic (exact) mass is 347 g/mol. The van der Waals surface area contributed by atoms with Crippen molar-refractivity contribution in [2.24, 2.45) is 7.05 Å². The number of aromatic nitrogens is 1. The summed E-state index contributed by atoms with van der Waals surface area (Å²) >= 11 is 0. The molecular formula is C19H29N3O3. The number of fused-ring (bicyclic) bond motifs is 1. The molecule has 0 saturated carbocycles. The van der Waals surface area contributed by atoms with Crippen LogP contribution in [0.4, 0.5) is 0 Å². The van der Waals surface area contributed by atoms with Gasteiger partial charge in [0.1, 0.15) is 5.75 Å². The van der Waals surface area contributed by atoms with Crippen LogP contribution in [-0.2, 0) is 24.9 Å². The average Bonchev–Trinajstić information content (AvgIpc) is 2.76. The molecule has 0 spiro atoms. The van der Waals surface area contributed by atoms with Crippen molar-refractivity contribution in [3.63, 3.8) is 0 Å². The van der Waals surface area contributed by atoms with E-state index in [1.807, 2.05) is 62.6 Å². The van der Waals surface area contributed by atoms with Crippen LogP contribution in [0.3, 0.4) is 0 Å². The highest BCUT2D eigenvalue weighted by Gasteiger charge is 2.27. The molecule has 6 nitrogen and oxygen atoms in total. The maximum absolute atomic E-state index is 12.8. The van der Waals surface area contributed by atoms with Crippen LogP contribution >= 0.6 is 0 Å². The molecule has 0 aliphatic carbocycles. The fourth-order valence-electron chi connectivity index (χ4n) is 3.24. The Labute approximate surface area is 149 Å². The highest BCUT2D eigenvalue weighted by molar-refractivity contribution is 6.08. The number of hydrogen-bond donors (Lipinski definition) is 1. The Morgan fingerprint density at radius 2 is 1.80 bits per heavy atom. The van der Waals surface area contributed by atoms with Crippen molar-refractivity contribution >= 4 is 16.9 Å². The maximum atomic E-state index is 12.8. The van der Waals surface area contributed by atoms with Gasteiger partial charge in [-0.05, 0) is 53.7 Å². The van der Waals surface area contributed by atoms with E-state index in [1.165, 1.54) is 0 Å². The third-order valence-corrected chi connectivity index (χ3v) is 4.30. The second kappa shape index (κ2) is 7.45. The van der Waals surface area contributed by atoms with Gasteiger partial charge in [0, 0.05) is 42.3 Å². The van der Waals surface area contributed by atoms with Gasteiger partial charge in [0.25, 0.3) is 0 Å². The van der Waals surface area contributed by atoms with Crippen molar-refractivity contribution in [2.75, 3.05) is 34.8 Å². The highest BCUT2D eigenvalue weighted by atomic mass is 16.5. The lowest BCUT2D eigenvalue weighted by molar-refractivity contribution is 0.0526. The van der Waals surface area contributed by atoms with E-state index >= 15 is 0 Å². The summed E-state index contributed by atoms with van der Waals surface area (Å²) in [6.45, 7) is 5.16. The number of phenolic OH excluding ortho intramolecular Hbond substituents is 1. The van der Waals surface area contributed by atoms with Gasteiger partial charge in [-0.2, -0.15) is 0 Å². The molecule has 2 rings (SSSR count). The van der Waals surface area contributed by atoms with E-state index < -0.39 is 0 Å². The van der Waals surface area contributed by atoms with Crippen LogP contribution in [0.25, 0.3) is 10.9 Å². The minimum Gasteiger partial charge on any atom is -0.507 e. The van der Waals surface area contributed by atoms with Crippen LogP contribution in [0.2, 0.25) is 0 Å². The zero-order valence-electron chi connectivity index (χ0n) is 16.3. The number of ether oxygens (including phenoxy) is 1. The molecule has 0 amide bonds. The third-order valence-electron chi connectivity index (χ3n) is 4.30. The summed E-state index contributed by atoms with van der Waals surface area (Å²) in [5.74, 6) is -0.0954. The van der Waals surface area contributed by atoms with E-state index in [0.717, 1.165) is 27.7 Å². The lowest BCUT2D eigenvalue weighted by Gasteiger charge is -2.15. The van der Waals surface area contributed by atoms with Crippen LogP contribution in [-0.4, -0.2) is 60.2 Å². The molecule has 0 aliphatic rings. The number of carbonyl (C=O) groups excluding carboxylic acids is 1. The average molecular weight is 347 g/mol. The first-order valence-electron chi connectivity index (χ1n) is 8.48. The fraction of sp³-hybridized carbons (Fsp3) is 0.526. The van der Waals surface area contributed by atoms with Gasteiger partial charge in [0.2, 0.25) is 0 Å². The van der Waals surface area contributed by atoms with Gasteiger partial charge in [-0.25, -0.2) is 4.79 Å². The van der Waals surface area contributed by atoms with E-state index in [2.05, 4.69) is 0 Å². The van der Waals surface area contributed by atoms with Crippen LogP contribution in [0.5, 0.6) is 5.75 Å². The maximum Gasteiger partial charge on any atom is 0.340 e. The number of hydrogen-bond acceptors (Lipinski definition) is 5. The summed E-state index contributed by atoms with van der Waals surface area (Å²) in [5.41, 5.74) is 3.95. The van der Waals surface area contributed by atoms with E-state index in [1.54, 1.807) is 6.92 Å². The van der Waals surface area contributed by atoms with E-state index in [0.29, 0.717) is 25.3 Å². The summed E-state index contributed by atoms with van der Waals surface area (Å²) in [6, 6.07) is 1.94. The molecule has 0 bridgehead atoms. The number of benzene rings is 1. The molecule has 2 aromatic rings. The molecule has 1 N–H and O–H groups in total. The molecule has 0 radical (unpaired) electrons. The van der Waals surface area contributed by atoms with Crippen molar-refractivity contribution in [3.8, 4) is 5.75 Å². The lowest BCUT2D eigenvalue weighted by atomic mass is 10.00. The molecule has 138 valence electrons. The first-order chi connectivity index (χ1) is 11.7. The molecule has 1 heterocycles. The molecule has 0 saturated heterocycles. The third kappa shape index (κ3) is 3.65. The highest BCUT2D eigenvalue weighted by Crippen LogP contribution is 2.37. The Hall–Kier alpha value is -2.05. The minimum absolute atomic E-state index is 0.244. The number of aromatic hydroxyl groups is 1. The van der Waals surface area contributed by atoms with Gasteiger partial charge < -0.3 is 24.2 Å². The Morgan fingerprint density at radius 3 is 2.32 bits per heavy atom. The molecular weight excluding hydrogens is 318 g/mol. The van der Waals surface area contributed by atoms with E-state index in [-0.39, 0.29) is 11.7 Å². The largest absolute Gasteiger partial charge is 0.507 e. The Bertz CT molecular complexity index is 791. The Balaban J connectivity index is 2.90. The first-order valence-corrected chi connectivity index (χ1v) is 8.48. The predicted molar refractivity (Wildman–Crippen MR) is 100 cm³/mol. The van der Waals surface area contributed by atoms with E-state index in [4.69, 9.17) is 4.74 Å². The zero-order chi connectivity index (χ0) is 18.9. The van der Waals surface area contributed by atoms with Gasteiger partial charge in [-0.15, -0.1) is 0 Å². The molecule has 1 aromatic heterocycles. The van der Waals surface area contributed by atoms with Crippen molar-refractivity contribution in [1.29, 1.82) is 0 Å². The standard InChI is InChI=1S/C19H29N3O3/c1-8-25-19(24)17-15(11-21(5)6)22(7)14-9-12(2)18(23)13(16(14)17)10-20(3)4/h9,23H,8,10-11H2,1-7H3. The Morgan fingerprint density at radius 1 is 1.20 bits per heavy atom. The predicted octanol–water partition coefficient (Wildman–Crippen LogP) is 2.49. The summed E-state index contributed by atoms with van der Waals surface area (Å²) in [4.78, 5) is 16.8. The second-order valence-electron chi connectivity index (χ2n) is 6.99. The summed E-state index contributed by atoms with van der Waals surface area (Å²) in [5, 5.41) is 11.5. The van der Waals surface area contributed by atoms with Crippen LogP contribution in [0.15, 0.2) is 6.07 Å².